The Morgan fingerprint density at radius 3 is 1.69 bits per heavy atom. The Balaban J connectivity index is 1.43. The molecule has 0 aromatic rings. The first-order chi connectivity index (χ1) is 20.3. The van der Waals surface area contributed by atoms with Gasteiger partial charge in [-0.1, -0.05) is 110 Å². The van der Waals surface area contributed by atoms with Crippen molar-refractivity contribution in [3.05, 3.63) is 11.6 Å². The molecule has 0 aromatic heterocycles. The molecule has 2 heterocycles. The maximum atomic E-state index is 11.7. The maximum Gasteiger partial charge on any atom is 0.334 e. The fraction of sp³-hybridized carbons (Fsp3) is 0.914. The Morgan fingerprint density at radius 2 is 1.17 bits per heavy atom. The van der Waals surface area contributed by atoms with Gasteiger partial charge >= 0.3 is 5.97 Å². The van der Waals surface area contributed by atoms with E-state index in [4.69, 9.17) is 9.47 Å². The van der Waals surface area contributed by atoms with Gasteiger partial charge in [0.1, 0.15) is 6.10 Å². The van der Waals surface area contributed by atoms with Gasteiger partial charge in [0.05, 0.1) is 36.6 Å². The first-order valence-corrected chi connectivity index (χ1v) is 17.6. The third-order valence-corrected chi connectivity index (χ3v) is 9.08. The van der Waals surface area contributed by atoms with Crippen LogP contribution in [0, 0.1) is 0 Å². The van der Waals surface area contributed by atoms with Crippen LogP contribution < -0.4 is 0 Å². The number of ether oxygens (including phenoxy) is 2. The van der Waals surface area contributed by atoms with Gasteiger partial charge in [0.2, 0.25) is 0 Å². The number of esters is 1. The SMILES string of the molecule is CCCCCCCCCCCCCC[C@@H](O)[C@H]1CC[C@H]([C@H](O)C[C@H](O)CCCCCC[C@@H](O)CC2=C[C@H](C)OC2=O)O1. The third kappa shape index (κ3) is 16.2. The van der Waals surface area contributed by atoms with Crippen molar-refractivity contribution in [3.8, 4) is 0 Å². The number of hydrogen-bond acceptors (Lipinski definition) is 7. The van der Waals surface area contributed by atoms with E-state index in [0.717, 1.165) is 57.8 Å². The van der Waals surface area contributed by atoms with E-state index in [2.05, 4.69) is 6.92 Å². The number of carbonyl (C=O) groups excluding carboxylic acids is 1. The molecule has 42 heavy (non-hydrogen) atoms. The zero-order valence-electron chi connectivity index (χ0n) is 26.9. The zero-order valence-corrected chi connectivity index (χ0v) is 26.9. The Hall–Kier alpha value is -0.990. The molecule has 7 atom stereocenters. The molecule has 0 bridgehead atoms. The molecule has 2 rings (SSSR count). The Bertz CT molecular complexity index is 726. The normalized spacial score (nSPS) is 23.5. The summed E-state index contributed by atoms with van der Waals surface area (Å²) >= 11 is 0. The summed E-state index contributed by atoms with van der Waals surface area (Å²) in [4.78, 5) is 11.7. The highest BCUT2D eigenvalue weighted by molar-refractivity contribution is 5.90. The average molecular weight is 597 g/mol. The van der Waals surface area contributed by atoms with Crippen molar-refractivity contribution < 1.29 is 34.7 Å². The van der Waals surface area contributed by atoms with Gasteiger partial charge in [0, 0.05) is 18.4 Å². The number of carbonyl (C=O) groups is 1. The molecule has 4 N–H and O–H groups in total. The van der Waals surface area contributed by atoms with Gasteiger partial charge in [0.25, 0.3) is 0 Å². The average Bonchev–Trinajstić information content (AvgIpc) is 3.57. The van der Waals surface area contributed by atoms with Gasteiger partial charge in [-0.25, -0.2) is 4.79 Å². The lowest BCUT2D eigenvalue weighted by Crippen LogP contribution is -2.33. The van der Waals surface area contributed by atoms with Crippen molar-refractivity contribution in [3.63, 3.8) is 0 Å². The molecule has 246 valence electrons. The number of aliphatic hydroxyl groups is 4. The maximum absolute atomic E-state index is 11.7. The van der Waals surface area contributed by atoms with Crippen LogP contribution in [0.15, 0.2) is 11.6 Å². The van der Waals surface area contributed by atoms with Crippen LogP contribution in [0.5, 0.6) is 0 Å². The van der Waals surface area contributed by atoms with Crippen molar-refractivity contribution in [2.45, 2.75) is 204 Å². The molecule has 0 amide bonds. The molecule has 0 radical (unpaired) electrons. The highest BCUT2D eigenvalue weighted by Crippen LogP contribution is 2.29. The summed E-state index contributed by atoms with van der Waals surface area (Å²) in [6.07, 6.45) is 22.2. The molecule has 7 heteroatoms. The summed E-state index contributed by atoms with van der Waals surface area (Å²) < 4.78 is 11.1. The van der Waals surface area contributed by atoms with E-state index < -0.39 is 24.4 Å². The molecule has 1 saturated heterocycles. The summed E-state index contributed by atoms with van der Waals surface area (Å²) in [7, 11) is 0. The summed E-state index contributed by atoms with van der Waals surface area (Å²) in [6.45, 7) is 4.07. The third-order valence-electron chi connectivity index (χ3n) is 9.08. The highest BCUT2D eigenvalue weighted by Gasteiger charge is 2.35. The molecular formula is C35H64O7. The topological polar surface area (TPSA) is 116 Å². The van der Waals surface area contributed by atoms with Crippen LogP contribution in [0.4, 0.5) is 0 Å². The monoisotopic (exact) mass is 596 g/mol. The van der Waals surface area contributed by atoms with Crippen molar-refractivity contribution in [2.75, 3.05) is 0 Å². The minimum atomic E-state index is -0.710. The van der Waals surface area contributed by atoms with Crippen LogP contribution in [0.25, 0.3) is 0 Å². The van der Waals surface area contributed by atoms with Crippen LogP contribution in [-0.4, -0.2) is 69.1 Å². The van der Waals surface area contributed by atoms with Gasteiger partial charge in [-0.15, -0.1) is 0 Å². The lowest BCUT2D eigenvalue weighted by molar-refractivity contribution is -0.139. The van der Waals surface area contributed by atoms with E-state index in [0.29, 0.717) is 31.3 Å². The molecule has 0 aliphatic carbocycles. The molecule has 0 saturated carbocycles. The van der Waals surface area contributed by atoms with Crippen LogP contribution in [-0.2, 0) is 14.3 Å². The largest absolute Gasteiger partial charge is 0.455 e. The standard InChI is InChI=1S/C35H64O7/c1-3-4-5-6-7-8-9-10-11-12-13-18-21-31(38)33-22-23-34(42-33)32(39)26-30(37)20-17-15-14-16-19-29(36)25-28-24-27(2)41-35(28)40/h24,27,29-34,36-39H,3-23,25-26H2,1-2H3/t27-,29+,30+,31+,32+,33+,34+/m0/s1. The predicted molar refractivity (Wildman–Crippen MR) is 168 cm³/mol. The second-order valence-electron chi connectivity index (χ2n) is 13.1. The minimum Gasteiger partial charge on any atom is -0.455 e. The van der Waals surface area contributed by atoms with Crippen molar-refractivity contribution in [1.82, 2.24) is 0 Å². The Morgan fingerprint density at radius 1 is 0.690 bits per heavy atom. The van der Waals surface area contributed by atoms with E-state index in [1.165, 1.54) is 64.2 Å². The fourth-order valence-electron chi connectivity index (χ4n) is 6.43. The van der Waals surface area contributed by atoms with Crippen LogP contribution in [0.2, 0.25) is 0 Å². The summed E-state index contributed by atoms with van der Waals surface area (Å²) in [6, 6.07) is 0. The number of rotatable bonds is 26. The number of hydrogen-bond donors (Lipinski definition) is 4. The summed E-state index contributed by atoms with van der Waals surface area (Å²) in [5.41, 5.74) is 0.573. The number of aliphatic hydroxyl groups excluding tert-OH is 4. The van der Waals surface area contributed by atoms with Crippen molar-refractivity contribution in [1.29, 1.82) is 0 Å². The fourth-order valence-corrected chi connectivity index (χ4v) is 6.43. The van der Waals surface area contributed by atoms with E-state index in [1.54, 1.807) is 6.08 Å². The number of cyclic esters (lactones) is 1. The first-order valence-electron chi connectivity index (χ1n) is 17.6. The minimum absolute atomic E-state index is 0.202. The molecule has 1 fully saturated rings. The van der Waals surface area contributed by atoms with E-state index in [9.17, 15) is 25.2 Å². The second-order valence-corrected chi connectivity index (χ2v) is 13.1. The molecular weight excluding hydrogens is 532 g/mol. The molecule has 0 aromatic carbocycles. The van der Waals surface area contributed by atoms with Crippen LogP contribution in [0.1, 0.15) is 162 Å². The van der Waals surface area contributed by atoms with Gasteiger partial charge in [-0.05, 0) is 45.1 Å². The van der Waals surface area contributed by atoms with Crippen molar-refractivity contribution in [2.24, 2.45) is 0 Å². The summed E-state index contributed by atoms with van der Waals surface area (Å²) in [5.74, 6) is -0.317. The zero-order chi connectivity index (χ0) is 30.6. The first kappa shape index (κ1) is 37.2. The lowest BCUT2D eigenvalue weighted by Gasteiger charge is -2.23. The molecule has 7 nitrogen and oxygen atoms in total. The van der Waals surface area contributed by atoms with E-state index >= 15 is 0 Å². The van der Waals surface area contributed by atoms with E-state index in [1.807, 2.05) is 6.92 Å². The second kappa shape index (κ2) is 22.5. The van der Waals surface area contributed by atoms with Crippen LogP contribution >= 0.6 is 0 Å². The van der Waals surface area contributed by atoms with Crippen LogP contribution in [0.3, 0.4) is 0 Å². The highest BCUT2D eigenvalue weighted by atomic mass is 16.5. The van der Waals surface area contributed by atoms with Gasteiger partial charge in [-0.3, -0.25) is 0 Å². The van der Waals surface area contributed by atoms with E-state index in [-0.39, 0.29) is 24.3 Å². The van der Waals surface area contributed by atoms with Gasteiger partial charge in [0.15, 0.2) is 0 Å². The molecule has 0 spiro atoms. The van der Waals surface area contributed by atoms with Gasteiger partial charge < -0.3 is 29.9 Å². The lowest BCUT2D eigenvalue weighted by atomic mass is 9.98. The summed E-state index contributed by atoms with van der Waals surface area (Å²) in [5, 5.41) is 41.9. The quantitative estimate of drug-likeness (QED) is 0.0624. The Kier molecular flexibility index (Phi) is 19.9. The molecule has 2 aliphatic rings. The van der Waals surface area contributed by atoms with Gasteiger partial charge in [-0.2, -0.15) is 0 Å². The predicted octanol–water partition coefficient (Wildman–Crippen LogP) is 7.06. The number of unbranched alkanes of at least 4 members (excludes halogenated alkanes) is 14. The molecule has 0 unspecified atom stereocenters. The smallest absolute Gasteiger partial charge is 0.334 e. The Labute approximate surface area is 256 Å². The molecule has 2 aliphatic heterocycles. The van der Waals surface area contributed by atoms with Crippen molar-refractivity contribution >= 4 is 5.97 Å².